The number of benzene rings is 1. The van der Waals surface area contributed by atoms with Crippen molar-refractivity contribution >= 4 is 11.3 Å². The van der Waals surface area contributed by atoms with E-state index in [1.807, 2.05) is 6.07 Å². The lowest BCUT2D eigenvalue weighted by molar-refractivity contribution is 0.181. The lowest BCUT2D eigenvalue weighted by atomic mass is 10.2. The van der Waals surface area contributed by atoms with Crippen LogP contribution in [0.3, 0.4) is 0 Å². The zero-order valence-corrected chi connectivity index (χ0v) is 13.9. The second kappa shape index (κ2) is 8.27. The monoisotopic (exact) mass is 304 g/mol. The standard InChI is InChI=1S/C17H24N2OS/c1-4-13(2)18-11-16-15(12-20-3)19-17(21-16)10-14-8-6-5-7-9-14/h5-9,13,18H,4,10-12H2,1-3H3. The summed E-state index contributed by atoms with van der Waals surface area (Å²) in [7, 11) is 1.72. The van der Waals surface area contributed by atoms with Crippen molar-refractivity contribution in [3.05, 3.63) is 51.5 Å². The average molecular weight is 304 g/mol. The smallest absolute Gasteiger partial charge is 0.0976 e. The van der Waals surface area contributed by atoms with Gasteiger partial charge in [-0.2, -0.15) is 0 Å². The summed E-state index contributed by atoms with van der Waals surface area (Å²) in [6.07, 6.45) is 2.03. The maximum atomic E-state index is 5.28. The Morgan fingerprint density at radius 2 is 2.05 bits per heavy atom. The number of aromatic nitrogens is 1. The van der Waals surface area contributed by atoms with Gasteiger partial charge in [0.1, 0.15) is 0 Å². The molecular weight excluding hydrogens is 280 g/mol. The number of nitrogens with zero attached hydrogens (tertiary/aromatic N) is 1. The fourth-order valence-corrected chi connectivity index (χ4v) is 3.14. The molecule has 1 unspecified atom stereocenters. The highest BCUT2D eigenvalue weighted by Gasteiger charge is 2.12. The second-order valence-corrected chi connectivity index (χ2v) is 6.43. The number of hydrogen-bond acceptors (Lipinski definition) is 4. The lowest BCUT2D eigenvalue weighted by Gasteiger charge is -2.10. The Hall–Kier alpha value is -1.23. The average Bonchev–Trinajstić information content (AvgIpc) is 2.88. The number of hydrogen-bond donors (Lipinski definition) is 1. The molecule has 2 aromatic rings. The van der Waals surface area contributed by atoms with Crippen LogP contribution in [-0.2, 0) is 24.3 Å². The van der Waals surface area contributed by atoms with E-state index in [0.717, 1.165) is 30.1 Å². The summed E-state index contributed by atoms with van der Waals surface area (Å²) < 4.78 is 5.28. The van der Waals surface area contributed by atoms with Crippen molar-refractivity contribution in [2.24, 2.45) is 0 Å². The van der Waals surface area contributed by atoms with E-state index in [0.29, 0.717) is 12.6 Å². The number of ether oxygens (including phenoxy) is 1. The minimum Gasteiger partial charge on any atom is -0.378 e. The van der Waals surface area contributed by atoms with Gasteiger partial charge in [0.05, 0.1) is 17.3 Å². The molecule has 0 aliphatic carbocycles. The topological polar surface area (TPSA) is 34.2 Å². The first-order valence-electron chi connectivity index (χ1n) is 7.46. The van der Waals surface area contributed by atoms with E-state index < -0.39 is 0 Å². The zero-order chi connectivity index (χ0) is 15.1. The summed E-state index contributed by atoms with van der Waals surface area (Å²) in [6.45, 7) is 5.87. The van der Waals surface area contributed by atoms with Crippen molar-refractivity contribution in [1.29, 1.82) is 0 Å². The van der Waals surface area contributed by atoms with Crippen molar-refractivity contribution in [2.75, 3.05) is 7.11 Å². The van der Waals surface area contributed by atoms with Crippen LogP contribution in [0.5, 0.6) is 0 Å². The Morgan fingerprint density at radius 1 is 1.29 bits per heavy atom. The molecule has 0 aliphatic heterocycles. The predicted molar refractivity (Wildman–Crippen MR) is 88.7 cm³/mol. The molecule has 0 saturated carbocycles. The molecule has 1 aromatic carbocycles. The summed E-state index contributed by atoms with van der Waals surface area (Å²) in [6, 6.07) is 11.0. The van der Waals surface area contributed by atoms with E-state index >= 15 is 0 Å². The number of rotatable bonds is 8. The highest BCUT2D eigenvalue weighted by Crippen LogP contribution is 2.22. The first kappa shape index (κ1) is 16.1. The maximum absolute atomic E-state index is 5.28. The van der Waals surface area contributed by atoms with Crippen molar-refractivity contribution in [1.82, 2.24) is 10.3 Å². The Labute approximate surface area is 131 Å². The van der Waals surface area contributed by atoms with E-state index in [-0.39, 0.29) is 0 Å². The van der Waals surface area contributed by atoms with E-state index in [2.05, 4.69) is 43.4 Å². The summed E-state index contributed by atoms with van der Waals surface area (Å²) in [5, 5.41) is 4.70. The van der Waals surface area contributed by atoms with Crippen molar-refractivity contribution in [3.63, 3.8) is 0 Å². The Kier molecular flexibility index (Phi) is 6.36. The molecule has 1 aromatic heterocycles. The van der Waals surface area contributed by atoms with Gasteiger partial charge in [-0.05, 0) is 18.9 Å². The molecule has 0 amide bonds. The SMILES string of the molecule is CCC(C)NCc1sc(Cc2ccccc2)nc1COC. The highest BCUT2D eigenvalue weighted by atomic mass is 32.1. The zero-order valence-electron chi connectivity index (χ0n) is 13.1. The number of nitrogens with one attached hydrogen (secondary N) is 1. The molecule has 1 atom stereocenters. The lowest BCUT2D eigenvalue weighted by Crippen LogP contribution is -2.24. The van der Waals surface area contributed by atoms with Crippen molar-refractivity contribution in [3.8, 4) is 0 Å². The fraction of sp³-hybridized carbons (Fsp3) is 0.471. The molecule has 2 rings (SSSR count). The van der Waals surface area contributed by atoms with Gasteiger partial charge in [0, 0.05) is 31.0 Å². The Balaban J connectivity index is 2.08. The quantitative estimate of drug-likeness (QED) is 0.806. The van der Waals surface area contributed by atoms with Gasteiger partial charge in [0.2, 0.25) is 0 Å². The van der Waals surface area contributed by atoms with Crippen LogP contribution in [0.15, 0.2) is 30.3 Å². The molecule has 0 saturated heterocycles. The number of methoxy groups -OCH3 is 1. The van der Waals surface area contributed by atoms with Gasteiger partial charge >= 0.3 is 0 Å². The van der Waals surface area contributed by atoms with Crippen LogP contribution < -0.4 is 5.32 Å². The normalized spacial score (nSPS) is 12.5. The summed E-state index contributed by atoms with van der Waals surface area (Å²) >= 11 is 1.79. The van der Waals surface area contributed by atoms with E-state index in [9.17, 15) is 0 Å². The molecule has 1 N–H and O–H groups in total. The maximum Gasteiger partial charge on any atom is 0.0976 e. The molecule has 4 heteroatoms. The minimum absolute atomic E-state index is 0.528. The van der Waals surface area contributed by atoms with Gasteiger partial charge in [-0.1, -0.05) is 37.3 Å². The molecule has 114 valence electrons. The molecule has 21 heavy (non-hydrogen) atoms. The van der Waals surface area contributed by atoms with E-state index in [1.54, 1.807) is 18.4 Å². The minimum atomic E-state index is 0.528. The Bertz CT molecular complexity index is 539. The van der Waals surface area contributed by atoms with Crippen LogP contribution in [0.2, 0.25) is 0 Å². The molecule has 1 heterocycles. The summed E-state index contributed by atoms with van der Waals surface area (Å²) in [5.74, 6) is 0. The molecule has 3 nitrogen and oxygen atoms in total. The first-order valence-corrected chi connectivity index (χ1v) is 8.28. The van der Waals surface area contributed by atoms with Gasteiger partial charge in [-0.3, -0.25) is 0 Å². The van der Waals surface area contributed by atoms with Gasteiger partial charge in [-0.25, -0.2) is 4.98 Å². The molecule has 0 radical (unpaired) electrons. The van der Waals surface area contributed by atoms with Gasteiger partial charge in [0.25, 0.3) is 0 Å². The van der Waals surface area contributed by atoms with E-state index in [4.69, 9.17) is 9.72 Å². The summed E-state index contributed by atoms with van der Waals surface area (Å²) in [4.78, 5) is 6.05. The summed E-state index contributed by atoms with van der Waals surface area (Å²) in [5.41, 5.74) is 2.38. The van der Waals surface area contributed by atoms with Crippen LogP contribution in [0, 0.1) is 0 Å². The predicted octanol–water partition coefficient (Wildman–Crippen LogP) is 3.77. The van der Waals surface area contributed by atoms with E-state index in [1.165, 1.54) is 10.4 Å². The van der Waals surface area contributed by atoms with Gasteiger partial charge in [0.15, 0.2) is 0 Å². The highest BCUT2D eigenvalue weighted by molar-refractivity contribution is 7.11. The third-order valence-electron chi connectivity index (χ3n) is 3.53. The third-order valence-corrected chi connectivity index (χ3v) is 4.62. The van der Waals surface area contributed by atoms with Gasteiger partial charge in [-0.15, -0.1) is 11.3 Å². The van der Waals surface area contributed by atoms with Gasteiger partial charge < -0.3 is 10.1 Å². The van der Waals surface area contributed by atoms with Crippen molar-refractivity contribution in [2.45, 2.75) is 45.9 Å². The molecule has 0 fully saturated rings. The third kappa shape index (κ3) is 4.92. The molecule has 0 bridgehead atoms. The molecular formula is C17H24N2OS. The molecule has 0 aliphatic rings. The largest absolute Gasteiger partial charge is 0.378 e. The van der Waals surface area contributed by atoms with Crippen LogP contribution >= 0.6 is 11.3 Å². The van der Waals surface area contributed by atoms with Crippen molar-refractivity contribution < 1.29 is 4.74 Å². The Morgan fingerprint density at radius 3 is 2.71 bits per heavy atom. The van der Waals surface area contributed by atoms with Crippen LogP contribution in [0.25, 0.3) is 0 Å². The van der Waals surface area contributed by atoms with Crippen LogP contribution in [0.1, 0.15) is 41.4 Å². The fourth-order valence-electron chi connectivity index (χ4n) is 2.08. The van der Waals surface area contributed by atoms with Crippen LogP contribution in [-0.4, -0.2) is 18.1 Å². The second-order valence-electron chi connectivity index (χ2n) is 5.26. The molecule has 0 spiro atoms. The first-order chi connectivity index (χ1) is 10.2. The van der Waals surface area contributed by atoms with Crippen LogP contribution in [0.4, 0.5) is 0 Å². The number of thiazole rings is 1.